The predicted octanol–water partition coefficient (Wildman–Crippen LogP) is 3.74. The summed E-state index contributed by atoms with van der Waals surface area (Å²) in [6.07, 6.45) is 2.49. The Kier molecular flexibility index (Phi) is 8.59. The van der Waals surface area contributed by atoms with E-state index in [2.05, 4.69) is 43.0 Å². The van der Waals surface area contributed by atoms with Gasteiger partial charge in [0.05, 0.1) is 25.9 Å². The molecular formula is C28H38N2O4. The molecule has 1 unspecified atom stereocenters. The van der Waals surface area contributed by atoms with Gasteiger partial charge in [-0.1, -0.05) is 38.1 Å². The number of fused-ring (bicyclic) bond motifs is 3. The first-order valence-electron chi connectivity index (χ1n) is 12.6. The zero-order chi connectivity index (χ0) is 23.9. The lowest BCUT2D eigenvalue weighted by molar-refractivity contribution is 0.0676. The Labute approximate surface area is 203 Å². The molecule has 1 amide bonds. The largest absolute Gasteiger partial charge is 0.491 e. The first-order valence-corrected chi connectivity index (χ1v) is 12.6. The lowest BCUT2D eigenvalue weighted by Crippen LogP contribution is -2.37. The zero-order valence-corrected chi connectivity index (χ0v) is 20.5. The zero-order valence-electron chi connectivity index (χ0n) is 20.5. The normalized spacial score (nSPS) is 20.0. The molecule has 0 aromatic heterocycles. The summed E-state index contributed by atoms with van der Waals surface area (Å²) < 4.78 is 12.0. The maximum Gasteiger partial charge on any atom is 0.254 e. The number of amides is 1. The fourth-order valence-corrected chi connectivity index (χ4v) is 5.02. The molecule has 2 heterocycles. The molecule has 2 aliphatic heterocycles. The quantitative estimate of drug-likeness (QED) is 0.744. The van der Waals surface area contributed by atoms with E-state index in [4.69, 9.17) is 9.47 Å². The summed E-state index contributed by atoms with van der Waals surface area (Å²) in [5, 5.41) is 9.66. The van der Waals surface area contributed by atoms with E-state index >= 15 is 0 Å². The van der Waals surface area contributed by atoms with Crippen LogP contribution in [0.25, 0.3) is 0 Å². The molecule has 0 radical (unpaired) electrons. The molecule has 184 valence electrons. The molecule has 2 aliphatic rings. The molecule has 2 aromatic carbocycles. The van der Waals surface area contributed by atoms with E-state index in [1.165, 1.54) is 11.1 Å². The molecule has 0 aliphatic carbocycles. The molecule has 2 aromatic rings. The molecular weight excluding hydrogens is 428 g/mol. The number of ether oxygens (including phenoxy) is 2. The molecule has 1 N–H and O–H groups in total. The highest BCUT2D eigenvalue weighted by Gasteiger charge is 2.29. The summed E-state index contributed by atoms with van der Waals surface area (Å²) in [6, 6.07) is 14.3. The second-order valence-corrected chi connectivity index (χ2v) is 9.89. The third-order valence-electron chi connectivity index (χ3n) is 6.61. The van der Waals surface area contributed by atoms with Gasteiger partial charge in [-0.05, 0) is 53.6 Å². The van der Waals surface area contributed by atoms with Crippen LogP contribution in [0.4, 0.5) is 0 Å². The molecule has 0 saturated carbocycles. The van der Waals surface area contributed by atoms with Crippen LogP contribution < -0.4 is 4.74 Å². The number of hydrogen-bond acceptors (Lipinski definition) is 5. The Morgan fingerprint density at radius 1 is 1.09 bits per heavy atom. The van der Waals surface area contributed by atoms with E-state index in [1.54, 1.807) is 0 Å². The van der Waals surface area contributed by atoms with Crippen LogP contribution in [0, 0.1) is 5.92 Å². The van der Waals surface area contributed by atoms with Crippen molar-refractivity contribution in [2.75, 3.05) is 46.1 Å². The van der Waals surface area contributed by atoms with Gasteiger partial charge in [-0.2, -0.15) is 0 Å². The van der Waals surface area contributed by atoms with Gasteiger partial charge in [0.15, 0.2) is 0 Å². The maximum absolute atomic E-state index is 13.2. The number of carbonyl (C=O) groups is 1. The van der Waals surface area contributed by atoms with Crippen LogP contribution in [0.1, 0.15) is 53.7 Å². The van der Waals surface area contributed by atoms with E-state index in [0.29, 0.717) is 44.3 Å². The first kappa shape index (κ1) is 24.7. The number of carbonyl (C=O) groups excluding carboxylic acids is 1. The van der Waals surface area contributed by atoms with Crippen molar-refractivity contribution in [1.29, 1.82) is 0 Å². The molecule has 1 saturated heterocycles. The summed E-state index contributed by atoms with van der Waals surface area (Å²) in [4.78, 5) is 17.5. The fraction of sp³-hybridized carbons (Fsp3) is 0.536. The van der Waals surface area contributed by atoms with Crippen molar-refractivity contribution in [2.24, 2.45) is 5.92 Å². The molecule has 4 rings (SSSR count). The Morgan fingerprint density at radius 2 is 1.94 bits per heavy atom. The smallest absolute Gasteiger partial charge is 0.254 e. The van der Waals surface area contributed by atoms with E-state index in [-0.39, 0.29) is 18.6 Å². The number of benzene rings is 2. The Bertz CT molecular complexity index is 961. The fourth-order valence-electron chi connectivity index (χ4n) is 5.02. The summed E-state index contributed by atoms with van der Waals surface area (Å²) in [5.41, 5.74) is 4.14. The summed E-state index contributed by atoms with van der Waals surface area (Å²) >= 11 is 0. The maximum atomic E-state index is 13.2. The van der Waals surface area contributed by atoms with Crippen molar-refractivity contribution in [3.8, 4) is 5.75 Å². The van der Waals surface area contributed by atoms with Crippen LogP contribution in [-0.2, 0) is 17.7 Å². The van der Waals surface area contributed by atoms with Crippen molar-refractivity contribution in [3.63, 3.8) is 0 Å². The van der Waals surface area contributed by atoms with Crippen molar-refractivity contribution < 1.29 is 19.4 Å². The number of rotatable bonds is 4. The second-order valence-electron chi connectivity index (χ2n) is 9.89. The van der Waals surface area contributed by atoms with Gasteiger partial charge in [0.25, 0.3) is 5.91 Å². The SMILES string of the molecule is CC(C)CN1CCOCCOc2ccc(C(=O)N3CCCC3CO)cc2Cc2cccc(c2)C1. The third-order valence-corrected chi connectivity index (χ3v) is 6.61. The van der Waals surface area contributed by atoms with Crippen molar-refractivity contribution in [2.45, 2.75) is 45.7 Å². The second kappa shape index (κ2) is 11.8. The molecule has 0 spiro atoms. The Hall–Kier alpha value is -2.41. The summed E-state index contributed by atoms with van der Waals surface area (Å²) in [5.74, 6) is 1.37. The number of nitrogens with zero attached hydrogens (tertiary/aromatic N) is 2. The predicted molar refractivity (Wildman–Crippen MR) is 133 cm³/mol. The van der Waals surface area contributed by atoms with Crippen molar-refractivity contribution in [3.05, 3.63) is 64.7 Å². The molecule has 6 heteroatoms. The van der Waals surface area contributed by atoms with Crippen LogP contribution in [0.5, 0.6) is 5.75 Å². The Morgan fingerprint density at radius 3 is 2.76 bits per heavy atom. The van der Waals surface area contributed by atoms with Crippen LogP contribution in [0.15, 0.2) is 42.5 Å². The van der Waals surface area contributed by atoms with Gasteiger partial charge < -0.3 is 19.5 Å². The average Bonchev–Trinajstić information content (AvgIpc) is 3.30. The van der Waals surface area contributed by atoms with Crippen LogP contribution >= 0.6 is 0 Å². The Balaban J connectivity index is 1.60. The van der Waals surface area contributed by atoms with Crippen LogP contribution in [0.3, 0.4) is 0 Å². The molecule has 34 heavy (non-hydrogen) atoms. The van der Waals surface area contributed by atoms with Gasteiger partial charge >= 0.3 is 0 Å². The lowest BCUT2D eigenvalue weighted by Gasteiger charge is -2.25. The average molecular weight is 467 g/mol. The van der Waals surface area contributed by atoms with Gasteiger partial charge in [-0.15, -0.1) is 0 Å². The highest BCUT2D eigenvalue weighted by molar-refractivity contribution is 5.95. The summed E-state index contributed by atoms with van der Waals surface area (Å²) in [7, 11) is 0. The summed E-state index contributed by atoms with van der Waals surface area (Å²) in [6.45, 7) is 9.72. The highest BCUT2D eigenvalue weighted by Crippen LogP contribution is 2.27. The van der Waals surface area contributed by atoms with Crippen molar-refractivity contribution in [1.82, 2.24) is 9.80 Å². The molecule has 2 bridgehead atoms. The molecule has 1 atom stereocenters. The van der Waals surface area contributed by atoms with Crippen LogP contribution in [0.2, 0.25) is 0 Å². The van der Waals surface area contributed by atoms with E-state index < -0.39 is 0 Å². The highest BCUT2D eigenvalue weighted by atomic mass is 16.5. The number of likely N-dealkylation sites (tertiary alicyclic amines) is 1. The van der Waals surface area contributed by atoms with Gasteiger partial charge in [-0.3, -0.25) is 9.69 Å². The lowest BCUT2D eigenvalue weighted by atomic mass is 9.99. The van der Waals surface area contributed by atoms with Crippen LogP contribution in [-0.4, -0.2) is 72.9 Å². The van der Waals surface area contributed by atoms with Gasteiger partial charge in [0.1, 0.15) is 12.4 Å². The van der Waals surface area contributed by atoms with Gasteiger partial charge in [0, 0.05) is 38.2 Å². The molecule has 6 nitrogen and oxygen atoms in total. The van der Waals surface area contributed by atoms with Gasteiger partial charge in [0.2, 0.25) is 0 Å². The minimum atomic E-state index is -0.0833. The van der Waals surface area contributed by atoms with E-state index in [0.717, 1.165) is 43.8 Å². The number of aliphatic hydroxyl groups is 1. The van der Waals surface area contributed by atoms with E-state index in [9.17, 15) is 9.90 Å². The minimum Gasteiger partial charge on any atom is -0.491 e. The molecule has 1 fully saturated rings. The third kappa shape index (κ3) is 6.38. The van der Waals surface area contributed by atoms with E-state index in [1.807, 2.05) is 23.1 Å². The first-order chi connectivity index (χ1) is 16.5. The number of hydrogen-bond donors (Lipinski definition) is 1. The van der Waals surface area contributed by atoms with Crippen molar-refractivity contribution >= 4 is 5.91 Å². The van der Waals surface area contributed by atoms with Gasteiger partial charge in [-0.25, -0.2) is 0 Å². The monoisotopic (exact) mass is 466 g/mol. The minimum absolute atomic E-state index is 0.0137. The topological polar surface area (TPSA) is 62.2 Å². The number of aliphatic hydroxyl groups excluding tert-OH is 1. The standard InChI is InChI=1S/C28H38N2O4/c1-21(2)18-29-11-12-33-13-14-34-27-9-8-24(28(32)30-10-4-7-26(30)20-31)17-25(27)16-22-5-3-6-23(15-22)19-29/h3,5-6,8-9,15,17,21,26,31H,4,7,10-14,16,18-20H2,1-2H3.